The van der Waals surface area contributed by atoms with Gasteiger partial charge >= 0.3 is 0 Å². The summed E-state index contributed by atoms with van der Waals surface area (Å²) in [7, 11) is 0. The van der Waals surface area contributed by atoms with Crippen molar-refractivity contribution in [3.8, 4) is 0 Å². The number of nitrogens with zero attached hydrogens (tertiary/aromatic N) is 3. The van der Waals surface area contributed by atoms with Crippen molar-refractivity contribution in [1.29, 1.82) is 0 Å². The van der Waals surface area contributed by atoms with E-state index < -0.39 is 0 Å². The zero-order chi connectivity index (χ0) is 16.6. The van der Waals surface area contributed by atoms with Crippen LogP contribution in [-0.4, -0.2) is 20.7 Å². The molecule has 0 aliphatic heterocycles. The average molecular weight is 326 g/mol. The van der Waals surface area contributed by atoms with Crippen LogP contribution in [0.15, 0.2) is 36.9 Å². The Bertz CT molecular complexity index is 615. The molecule has 1 heterocycles. The van der Waals surface area contributed by atoms with Gasteiger partial charge in [0.05, 0.1) is 6.54 Å². The van der Waals surface area contributed by atoms with Gasteiger partial charge in [0, 0.05) is 13.0 Å². The Labute approximate surface area is 143 Å². The molecule has 1 aliphatic carbocycles. The van der Waals surface area contributed by atoms with Gasteiger partial charge in [-0.1, -0.05) is 56.4 Å². The fourth-order valence-electron chi connectivity index (χ4n) is 3.36. The number of carbonyl (C=O) groups excluding carboxylic acids is 1. The van der Waals surface area contributed by atoms with Gasteiger partial charge in [0.25, 0.3) is 0 Å². The molecule has 1 fully saturated rings. The summed E-state index contributed by atoms with van der Waals surface area (Å²) in [5.41, 5.74) is 2.30. The van der Waals surface area contributed by atoms with Crippen LogP contribution in [0, 0.1) is 5.92 Å². The van der Waals surface area contributed by atoms with Gasteiger partial charge in [0.2, 0.25) is 5.91 Å². The van der Waals surface area contributed by atoms with E-state index in [0.717, 1.165) is 17.9 Å². The van der Waals surface area contributed by atoms with E-state index in [4.69, 9.17) is 0 Å². The fourth-order valence-corrected chi connectivity index (χ4v) is 3.36. The van der Waals surface area contributed by atoms with Crippen LogP contribution in [0.3, 0.4) is 0 Å². The van der Waals surface area contributed by atoms with E-state index in [1.54, 1.807) is 11.0 Å². The Balaban J connectivity index is 1.38. The van der Waals surface area contributed by atoms with Crippen molar-refractivity contribution < 1.29 is 4.79 Å². The summed E-state index contributed by atoms with van der Waals surface area (Å²) in [6.07, 6.45) is 11.6. The van der Waals surface area contributed by atoms with Gasteiger partial charge in [0.1, 0.15) is 12.7 Å². The SMILES string of the molecule is O=C(CCC1CCCCC1)NCc1ccc(Cn2cncn2)cc1. The molecule has 1 aliphatic rings. The molecule has 128 valence electrons. The Morgan fingerprint density at radius 2 is 1.88 bits per heavy atom. The maximum atomic E-state index is 12.0. The lowest BCUT2D eigenvalue weighted by Crippen LogP contribution is -2.23. The maximum Gasteiger partial charge on any atom is 0.220 e. The highest BCUT2D eigenvalue weighted by molar-refractivity contribution is 5.75. The van der Waals surface area contributed by atoms with Crippen LogP contribution >= 0.6 is 0 Å². The molecule has 0 spiro atoms. The van der Waals surface area contributed by atoms with Crippen LogP contribution in [-0.2, 0) is 17.9 Å². The molecule has 5 nitrogen and oxygen atoms in total. The van der Waals surface area contributed by atoms with E-state index >= 15 is 0 Å². The minimum Gasteiger partial charge on any atom is -0.352 e. The molecular weight excluding hydrogens is 300 g/mol. The lowest BCUT2D eigenvalue weighted by molar-refractivity contribution is -0.121. The van der Waals surface area contributed by atoms with E-state index in [1.165, 1.54) is 44.0 Å². The number of carbonyl (C=O) groups is 1. The predicted octanol–water partition coefficient (Wildman–Crippen LogP) is 3.30. The molecule has 5 heteroatoms. The van der Waals surface area contributed by atoms with Crippen molar-refractivity contribution in [3.63, 3.8) is 0 Å². The second-order valence-electron chi connectivity index (χ2n) is 6.73. The van der Waals surface area contributed by atoms with Gasteiger partial charge in [-0.25, -0.2) is 9.67 Å². The van der Waals surface area contributed by atoms with Gasteiger partial charge in [0.15, 0.2) is 0 Å². The quantitative estimate of drug-likeness (QED) is 0.849. The zero-order valence-corrected chi connectivity index (χ0v) is 14.2. The summed E-state index contributed by atoms with van der Waals surface area (Å²) in [6, 6.07) is 8.28. The van der Waals surface area contributed by atoms with Crippen molar-refractivity contribution in [1.82, 2.24) is 20.1 Å². The molecule has 24 heavy (non-hydrogen) atoms. The topological polar surface area (TPSA) is 59.8 Å². The molecule has 0 atom stereocenters. The van der Waals surface area contributed by atoms with Crippen LogP contribution in [0.5, 0.6) is 0 Å². The molecule has 0 unspecified atom stereocenters. The number of rotatable bonds is 7. The third-order valence-electron chi connectivity index (χ3n) is 4.83. The summed E-state index contributed by atoms with van der Waals surface area (Å²) in [5, 5.41) is 7.14. The highest BCUT2D eigenvalue weighted by atomic mass is 16.1. The molecule has 1 aromatic heterocycles. The second-order valence-corrected chi connectivity index (χ2v) is 6.73. The first-order valence-electron chi connectivity index (χ1n) is 8.96. The minimum absolute atomic E-state index is 0.173. The summed E-state index contributed by atoms with van der Waals surface area (Å²) < 4.78 is 1.79. The Hall–Kier alpha value is -2.17. The van der Waals surface area contributed by atoms with Crippen molar-refractivity contribution in [2.75, 3.05) is 0 Å². The Morgan fingerprint density at radius 1 is 1.12 bits per heavy atom. The molecule has 1 amide bonds. The van der Waals surface area contributed by atoms with Gasteiger partial charge in [-0.2, -0.15) is 5.10 Å². The van der Waals surface area contributed by atoms with Crippen molar-refractivity contribution in [2.24, 2.45) is 5.92 Å². The van der Waals surface area contributed by atoms with Crippen molar-refractivity contribution in [2.45, 2.75) is 58.0 Å². The van der Waals surface area contributed by atoms with E-state index in [0.29, 0.717) is 19.5 Å². The standard InChI is InChI=1S/C19H26N4O/c24-19(11-10-16-4-2-1-3-5-16)21-12-17-6-8-18(9-7-17)13-23-15-20-14-22-23/h6-9,14-16H,1-5,10-13H2,(H,21,24). The minimum atomic E-state index is 0.173. The van der Waals surface area contributed by atoms with Crippen LogP contribution in [0.2, 0.25) is 0 Å². The number of benzene rings is 1. The summed E-state index contributed by atoms with van der Waals surface area (Å²) in [4.78, 5) is 15.9. The summed E-state index contributed by atoms with van der Waals surface area (Å²) in [6.45, 7) is 1.32. The van der Waals surface area contributed by atoms with Gasteiger partial charge < -0.3 is 5.32 Å². The number of hydrogen-bond donors (Lipinski definition) is 1. The monoisotopic (exact) mass is 326 g/mol. The van der Waals surface area contributed by atoms with E-state index in [2.05, 4.69) is 39.7 Å². The number of aromatic nitrogens is 3. The van der Waals surface area contributed by atoms with Crippen LogP contribution in [0.4, 0.5) is 0 Å². The molecular formula is C19H26N4O. The fraction of sp³-hybridized carbons (Fsp3) is 0.526. The van der Waals surface area contributed by atoms with E-state index in [1.807, 2.05) is 0 Å². The molecule has 1 aromatic carbocycles. The first kappa shape index (κ1) is 16.7. The average Bonchev–Trinajstić information content (AvgIpc) is 3.13. The first-order valence-corrected chi connectivity index (χ1v) is 8.96. The van der Waals surface area contributed by atoms with Crippen molar-refractivity contribution in [3.05, 3.63) is 48.0 Å². The van der Waals surface area contributed by atoms with Gasteiger partial charge in [-0.15, -0.1) is 0 Å². The predicted molar refractivity (Wildman–Crippen MR) is 93.2 cm³/mol. The molecule has 0 saturated heterocycles. The van der Waals surface area contributed by atoms with Crippen LogP contribution in [0.25, 0.3) is 0 Å². The zero-order valence-electron chi connectivity index (χ0n) is 14.2. The molecule has 1 saturated carbocycles. The van der Waals surface area contributed by atoms with Crippen LogP contribution < -0.4 is 5.32 Å². The third-order valence-corrected chi connectivity index (χ3v) is 4.83. The number of amides is 1. The molecule has 0 bridgehead atoms. The number of hydrogen-bond acceptors (Lipinski definition) is 3. The van der Waals surface area contributed by atoms with Crippen LogP contribution in [0.1, 0.15) is 56.1 Å². The maximum absolute atomic E-state index is 12.0. The largest absolute Gasteiger partial charge is 0.352 e. The van der Waals surface area contributed by atoms with Gasteiger partial charge in [-0.05, 0) is 23.5 Å². The summed E-state index contributed by atoms with van der Waals surface area (Å²) in [5.74, 6) is 0.938. The molecule has 1 N–H and O–H groups in total. The lowest BCUT2D eigenvalue weighted by atomic mass is 9.86. The van der Waals surface area contributed by atoms with Gasteiger partial charge in [-0.3, -0.25) is 4.79 Å². The normalized spacial score (nSPS) is 15.3. The highest BCUT2D eigenvalue weighted by Gasteiger charge is 2.14. The third kappa shape index (κ3) is 5.18. The molecule has 2 aromatic rings. The number of nitrogens with one attached hydrogen (secondary N) is 1. The van der Waals surface area contributed by atoms with E-state index in [9.17, 15) is 4.79 Å². The lowest BCUT2D eigenvalue weighted by Gasteiger charge is -2.21. The Kier molecular flexibility index (Phi) is 5.99. The molecule has 0 radical (unpaired) electrons. The summed E-state index contributed by atoms with van der Waals surface area (Å²) >= 11 is 0. The smallest absolute Gasteiger partial charge is 0.220 e. The van der Waals surface area contributed by atoms with Crippen molar-refractivity contribution >= 4 is 5.91 Å². The second kappa shape index (κ2) is 8.62. The Morgan fingerprint density at radius 3 is 2.58 bits per heavy atom. The molecule has 3 rings (SSSR count). The van der Waals surface area contributed by atoms with E-state index in [-0.39, 0.29) is 5.91 Å². The first-order chi connectivity index (χ1) is 11.8. The highest BCUT2D eigenvalue weighted by Crippen LogP contribution is 2.27.